The topological polar surface area (TPSA) is 18.5 Å². The molecule has 0 aliphatic heterocycles. The van der Waals surface area contributed by atoms with E-state index in [0.717, 1.165) is 0 Å². The van der Waals surface area contributed by atoms with Crippen LogP contribution < -0.4 is 0 Å². The lowest BCUT2D eigenvalue weighted by molar-refractivity contribution is 0.0317. The number of ether oxygens (including phenoxy) is 2. The average Bonchev–Trinajstić information content (AvgIpc) is 1.69. The molecular weight excluding hydrogens is 116 g/mol. The summed E-state index contributed by atoms with van der Waals surface area (Å²) in [6.45, 7) is 6.55. The van der Waals surface area contributed by atoms with E-state index in [1.807, 2.05) is 13.8 Å². The maximum Gasteiger partial charge on any atom is 0.316 e. The fourth-order valence-corrected chi connectivity index (χ4v) is 0.184. The second-order valence-electron chi connectivity index (χ2n) is 1.01. The maximum absolute atomic E-state index is 4.73. The van der Waals surface area contributed by atoms with Crippen molar-refractivity contribution in [3.8, 4) is 0 Å². The average molecular weight is 129 g/mol. The monoisotopic (exact) mass is 129 g/mol. The Morgan fingerprint density at radius 2 is 1.50 bits per heavy atom. The largest absolute Gasteiger partial charge is 0.348 e. The van der Waals surface area contributed by atoms with Gasteiger partial charge in [-0.3, -0.25) is 0 Å². The Labute approximate surface area is 66.7 Å². The van der Waals surface area contributed by atoms with E-state index < -0.39 is 0 Å². The van der Waals surface area contributed by atoms with Gasteiger partial charge in [-0.25, -0.2) is 0 Å². The van der Waals surface area contributed by atoms with Crippen molar-refractivity contribution in [3.63, 3.8) is 0 Å². The van der Waals surface area contributed by atoms with Crippen molar-refractivity contribution in [2.75, 3.05) is 13.2 Å². The van der Waals surface area contributed by atoms with Crippen LogP contribution in [-0.2, 0) is 9.47 Å². The third-order valence-electron chi connectivity index (χ3n) is 0.469. The van der Waals surface area contributed by atoms with Crippen LogP contribution in [0.15, 0.2) is 0 Å². The number of rotatable bonds is 4. The highest BCUT2D eigenvalue weighted by atomic mass is 24.3. The van der Waals surface area contributed by atoms with Crippen molar-refractivity contribution in [3.05, 3.63) is 6.79 Å². The van der Waals surface area contributed by atoms with Crippen LogP contribution in [0.25, 0.3) is 0 Å². The molecule has 0 atom stereocenters. The molecule has 3 heteroatoms. The molecule has 1 radical (unpaired) electrons. The van der Waals surface area contributed by atoms with Gasteiger partial charge in [-0.1, -0.05) is 0 Å². The predicted octanol–water partition coefficient (Wildman–Crippen LogP) is 0.262. The van der Waals surface area contributed by atoms with Crippen LogP contribution in [0, 0.1) is 6.79 Å². The van der Waals surface area contributed by atoms with Crippen LogP contribution in [-0.4, -0.2) is 36.3 Å². The molecule has 0 aromatic carbocycles. The molecule has 0 aliphatic rings. The van der Waals surface area contributed by atoms with E-state index in [9.17, 15) is 0 Å². The van der Waals surface area contributed by atoms with Gasteiger partial charge in [0.2, 0.25) is 6.79 Å². The van der Waals surface area contributed by atoms with Gasteiger partial charge in [-0.2, -0.15) is 0 Å². The lowest BCUT2D eigenvalue weighted by Gasteiger charge is -1.95. The zero-order chi connectivity index (χ0) is 5.54. The van der Waals surface area contributed by atoms with E-state index in [2.05, 4.69) is 0 Å². The van der Waals surface area contributed by atoms with Crippen LogP contribution in [0.1, 0.15) is 13.8 Å². The van der Waals surface area contributed by atoms with Gasteiger partial charge < -0.3 is 9.47 Å². The third kappa shape index (κ3) is 9.84. The summed E-state index contributed by atoms with van der Waals surface area (Å²) in [4.78, 5) is 0. The minimum atomic E-state index is 0. The molecule has 0 aromatic rings. The van der Waals surface area contributed by atoms with E-state index in [1.54, 1.807) is 0 Å². The Morgan fingerprint density at radius 1 is 1.12 bits per heavy atom. The Hall–Kier alpha value is 0.686. The number of hydrogen-bond acceptors (Lipinski definition) is 2. The lowest BCUT2D eigenvalue weighted by atomic mass is 10.9. The molecule has 0 N–H and O–H groups in total. The standard InChI is InChI=1S/C5H11O2.Mg.2H/c1-3-6-5-7-4-2;;;/h5H,3-4H2,1-2H3;;;. The smallest absolute Gasteiger partial charge is 0.316 e. The van der Waals surface area contributed by atoms with Crippen LogP contribution in [0.2, 0.25) is 0 Å². The van der Waals surface area contributed by atoms with Gasteiger partial charge in [0, 0.05) is 13.2 Å². The Morgan fingerprint density at radius 3 is 1.75 bits per heavy atom. The zero-order valence-electron chi connectivity index (χ0n) is 4.81. The predicted molar refractivity (Wildman–Crippen MR) is 36.1 cm³/mol. The molecule has 2 nitrogen and oxygen atoms in total. The van der Waals surface area contributed by atoms with Crippen molar-refractivity contribution in [1.29, 1.82) is 0 Å². The first-order valence-corrected chi connectivity index (χ1v) is 2.46. The Balaban J connectivity index is 0. The fraction of sp³-hybridized carbons (Fsp3) is 0.800. The summed E-state index contributed by atoms with van der Waals surface area (Å²) >= 11 is 0. The summed E-state index contributed by atoms with van der Waals surface area (Å²) in [6, 6.07) is 0. The maximum atomic E-state index is 4.73. The third-order valence-corrected chi connectivity index (χ3v) is 0.469. The van der Waals surface area contributed by atoms with Crippen molar-refractivity contribution in [2.45, 2.75) is 13.8 Å². The Bertz CT molecular complexity index is 29.6. The highest BCUT2D eigenvalue weighted by molar-refractivity contribution is 5.75. The summed E-state index contributed by atoms with van der Waals surface area (Å²) in [5.41, 5.74) is 0. The van der Waals surface area contributed by atoms with Crippen LogP contribution >= 0.6 is 0 Å². The molecule has 0 aromatic heterocycles. The molecule has 0 amide bonds. The molecule has 8 heavy (non-hydrogen) atoms. The van der Waals surface area contributed by atoms with E-state index >= 15 is 0 Å². The van der Waals surface area contributed by atoms with Crippen molar-refractivity contribution < 1.29 is 9.47 Å². The molecule has 0 heterocycles. The second-order valence-corrected chi connectivity index (χ2v) is 1.01. The minimum absolute atomic E-state index is 0. The van der Waals surface area contributed by atoms with Gasteiger partial charge in [-0.05, 0) is 13.8 Å². The van der Waals surface area contributed by atoms with Gasteiger partial charge in [0.25, 0.3) is 0 Å². The normalized spacial score (nSPS) is 8.25. The van der Waals surface area contributed by atoms with Crippen LogP contribution in [0.5, 0.6) is 0 Å². The highest BCUT2D eigenvalue weighted by Crippen LogP contribution is 1.81. The first-order chi connectivity index (χ1) is 3.41. The molecule has 0 aliphatic carbocycles. The molecule has 0 saturated carbocycles. The number of hydrogen-bond donors (Lipinski definition) is 0. The first kappa shape index (κ1) is 11.5. The fourth-order valence-electron chi connectivity index (χ4n) is 0.184. The van der Waals surface area contributed by atoms with Crippen molar-refractivity contribution >= 4 is 23.1 Å². The summed E-state index contributed by atoms with van der Waals surface area (Å²) < 4.78 is 9.45. The molecule has 0 spiro atoms. The van der Waals surface area contributed by atoms with Crippen LogP contribution in [0.4, 0.5) is 0 Å². The summed E-state index contributed by atoms with van der Waals surface area (Å²) in [5, 5.41) is 0. The molecule has 47 valence electrons. The molecular formula is C5H13MgO2. The van der Waals surface area contributed by atoms with Gasteiger partial charge in [-0.15, -0.1) is 0 Å². The van der Waals surface area contributed by atoms with Crippen LogP contribution in [0.3, 0.4) is 0 Å². The van der Waals surface area contributed by atoms with Gasteiger partial charge in [0.05, 0.1) is 0 Å². The van der Waals surface area contributed by atoms with Crippen molar-refractivity contribution in [2.24, 2.45) is 0 Å². The van der Waals surface area contributed by atoms with E-state index in [0.29, 0.717) is 13.2 Å². The van der Waals surface area contributed by atoms with Gasteiger partial charge in [0.15, 0.2) is 0 Å². The lowest BCUT2D eigenvalue weighted by Crippen LogP contribution is -1.90. The van der Waals surface area contributed by atoms with Crippen molar-refractivity contribution in [1.82, 2.24) is 0 Å². The summed E-state index contributed by atoms with van der Waals surface area (Å²) in [7, 11) is 0. The summed E-state index contributed by atoms with van der Waals surface area (Å²) in [6.07, 6.45) is 0. The SMILES string of the molecule is CCO[CH]OCC.[MgH2]. The summed E-state index contributed by atoms with van der Waals surface area (Å²) in [5.74, 6) is 0. The van der Waals surface area contributed by atoms with Gasteiger partial charge in [0.1, 0.15) is 0 Å². The highest BCUT2D eigenvalue weighted by Gasteiger charge is 1.78. The van der Waals surface area contributed by atoms with Gasteiger partial charge >= 0.3 is 23.1 Å². The quantitative estimate of drug-likeness (QED) is 0.401. The molecule has 0 rings (SSSR count). The molecule has 0 saturated heterocycles. The zero-order valence-corrected chi connectivity index (χ0v) is 4.81. The van der Waals surface area contributed by atoms with E-state index in [1.165, 1.54) is 6.79 Å². The van der Waals surface area contributed by atoms with E-state index in [4.69, 9.17) is 9.47 Å². The molecule has 0 fully saturated rings. The van der Waals surface area contributed by atoms with E-state index in [-0.39, 0.29) is 23.1 Å². The Kier molecular flexibility index (Phi) is 15.2. The molecule has 0 unspecified atom stereocenters. The second kappa shape index (κ2) is 10.6. The minimum Gasteiger partial charge on any atom is -0.348 e. The first-order valence-electron chi connectivity index (χ1n) is 2.46. The molecule has 0 bridgehead atoms.